The van der Waals surface area contributed by atoms with Crippen LogP contribution in [0.3, 0.4) is 0 Å². The lowest BCUT2D eigenvalue weighted by Gasteiger charge is -2.30. The minimum atomic E-state index is -3.71. The van der Waals surface area contributed by atoms with E-state index in [9.17, 15) is 13.2 Å². The number of rotatable bonds is 9. The Morgan fingerprint density at radius 3 is 2.27 bits per heavy atom. The summed E-state index contributed by atoms with van der Waals surface area (Å²) < 4.78 is 31.3. The number of carbonyl (C=O) groups excluding carboxylic acids is 1. The van der Waals surface area contributed by atoms with Crippen molar-refractivity contribution in [1.82, 2.24) is 5.32 Å². The standard InChI is InChI=1S/C22H29ClN2O4S/c1-15(2)13-21(17-9-11-20(29-4)12-10-17)24-22(26)16(3)25(30(5,27)28)19-8-6-7-18(23)14-19/h6-12,14-16,21H,13H2,1-5H3,(H,24,26)/t16-,21-/m0/s1. The van der Waals surface area contributed by atoms with Gasteiger partial charge in [0.15, 0.2) is 0 Å². The number of amides is 1. The molecule has 0 aliphatic carbocycles. The monoisotopic (exact) mass is 452 g/mol. The second kappa shape index (κ2) is 10.2. The van der Waals surface area contributed by atoms with Gasteiger partial charge in [-0.3, -0.25) is 9.10 Å². The number of nitrogens with one attached hydrogen (secondary N) is 1. The second-order valence-corrected chi connectivity index (χ2v) is 9.97. The number of hydrogen-bond donors (Lipinski definition) is 1. The average Bonchev–Trinajstić information content (AvgIpc) is 2.66. The third-order valence-electron chi connectivity index (χ3n) is 4.69. The first-order valence-corrected chi connectivity index (χ1v) is 11.9. The van der Waals surface area contributed by atoms with Crippen molar-refractivity contribution in [2.45, 2.75) is 39.3 Å². The molecule has 0 radical (unpaired) electrons. The smallest absolute Gasteiger partial charge is 0.244 e. The number of halogens is 1. The van der Waals surface area contributed by atoms with Crippen molar-refractivity contribution in [2.75, 3.05) is 17.7 Å². The highest BCUT2D eigenvalue weighted by Gasteiger charge is 2.30. The first-order valence-electron chi connectivity index (χ1n) is 9.72. The van der Waals surface area contributed by atoms with Gasteiger partial charge in [0.1, 0.15) is 11.8 Å². The average molecular weight is 453 g/mol. The maximum Gasteiger partial charge on any atom is 0.244 e. The first-order chi connectivity index (χ1) is 14.0. The Labute approximate surface area is 184 Å². The molecule has 8 heteroatoms. The zero-order valence-electron chi connectivity index (χ0n) is 17.9. The zero-order chi connectivity index (χ0) is 22.5. The van der Waals surface area contributed by atoms with E-state index in [2.05, 4.69) is 19.2 Å². The molecule has 0 aliphatic rings. The highest BCUT2D eigenvalue weighted by molar-refractivity contribution is 7.92. The number of sulfonamides is 1. The fourth-order valence-electron chi connectivity index (χ4n) is 3.30. The fourth-order valence-corrected chi connectivity index (χ4v) is 4.65. The molecule has 0 saturated heterocycles. The van der Waals surface area contributed by atoms with Gasteiger partial charge in [-0.1, -0.05) is 43.6 Å². The fraction of sp³-hybridized carbons (Fsp3) is 0.409. The first kappa shape index (κ1) is 24.0. The van der Waals surface area contributed by atoms with E-state index in [-0.39, 0.29) is 11.9 Å². The molecule has 6 nitrogen and oxygen atoms in total. The summed E-state index contributed by atoms with van der Waals surface area (Å²) in [6.07, 6.45) is 1.79. The molecular weight excluding hydrogens is 424 g/mol. The van der Waals surface area contributed by atoms with Crippen LogP contribution < -0.4 is 14.4 Å². The van der Waals surface area contributed by atoms with Crippen LogP contribution in [0.4, 0.5) is 5.69 Å². The summed E-state index contributed by atoms with van der Waals surface area (Å²) in [5.41, 5.74) is 1.27. The molecule has 2 aromatic rings. The Kier molecular flexibility index (Phi) is 8.15. The van der Waals surface area contributed by atoms with Crippen LogP contribution in [0, 0.1) is 5.92 Å². The molecule has 164 valence electrons. The van der Waals surface area contributed by atoms with E-state index in [0.29, 0.717) is 23.0 Å². The van der Waals surface area contributed by atoms with Gasteiger partial charge in [0, 0.05) is 5.02 Å². The van der Waals surface area contributed by atoms with E-state index in [1.165, 1.54) is 6.07 Å². The molecule has 1 amide bonds. The van der Waals surface area contributed by atoms with Crippen molar-refractivity contribution in [1.29, 1.82) is 0 Å². The van der Waals surface area contributed by atoms with Gasteiger partial charge in [-0.2, -0.15) is 0 Å². The third kappa shape index (κ3) is 6.37. The number of benzene rings is 2. The molecule has 2 atom stereocenters. The molecule has 0 bridgehead atoms. The molecule has 2 aromatic carbocycles. The highest BCUT2D eigenvalue weighted by Crippen LogP contribution is 2.27. The van der Waals surface area contributed by atoms with Crippen molar-refractivity contribution < 1.29 is 17.9 Å². The summed E-state index contributed by atoms with van der Waals surface area (Å²) in [6.45, 7) is 5.71. The minimum absolute atomic E-state index is 0.258. The molecule has 0 unspecified atom stereocenters. The highest BCUT2D eigenvalue weighted by atomic mass is 35.5. The second-order valence-electron chi connectivity index (χ2n) is 7.68. The van der Waals surface area contributed by atoms with E-state index in [1.54, 1.807) is 32.2 Å². The molecule has 0 saturated carbocycles. The number of anilines is 1. The number of ether oxygens (including phenoxy) is 1. The Hall–Kier alpha value is -2.25. The molecule has 0 heterocycles. The van der Waals surface area contributed by atoms with E-state index < -0.39 is 16.1 Å². The largest absolute Gasteiger partial charge is 0.497 e. The molecule has 0 fully saturated rings. The van der Waals surface area contributed by atoms with E-state index >= 15 is 0 Å². The lowest BCUT2D eigenvalue weighted by Crippen LogP contribution is -2.48. The molecule has 1 N–H and O–H groups in total. The van der Waals surface area contributed by atoms with Crippen LogP contribution in [-0.4, -0.2) is 33.7 Å². The van der Waals surface area contributed by atoms with E-state index in [4.69, 9.17) is 16.3 Å². The molecule has 0 aromatic heterocycles. The third-order valence-corrected chi connectivity index (χ3v) is 6.17. The molecule has 0 spiro atoms. The summed E-state index contributed by atoms with van der Waals surface area (Å²) in [4.78, 5) is 13.1. The minimum Gasteiger partial charge on any atom is -0.497 e. The van der Waals surface area contributed by atoms with Crippen LogP contribution in [0.5, 0.6) is 5.75 Å². The summed E-state index contributed by atoms with van der Waals surface area (Å²) in [6, 6.07) is 12.7. The summed E-state index contributed by atoms with van der Waals surface area (Å²) >= 11 is 6.04. The van der Waals surface area contributed by atoms with Crippen LogP contribution in [-0.2, 0) is 14.8 Å². The van der Waals surface area contributed by atoms with Crippen LogP contribution in [0.25, 0.3) is 0 Å². The van der Waals surface area contributed by atoms with Gasteiger partial charge < -0.3 is 10.1 Å². The number of nitrogens with zero attached hydrogens (tertiary/aromatic N) is 1. The molecule has 0 aliphatic heterocycles. The molecular formula is C22H29ClN2O4S. The van der Waals surface area contributed by atoms with E-state index in [0.717, 1.165) is 21.9 Å². The predicted octanol–water partition coefficient (Wildman–Crippen LogP) is 4.41. The Balaban J connectivity index is 2.31. The quantitative estimate of drug-likeness (QED) is 0.611. The van der Waals surface area contributed by atoms with Gasteiger partial charge in [0.2, 0.25) is 15.9 Å². The van der Waals surface area contributed by atoms with Crippen molar-refractivity contribution in [2.24, 2.45) is 5.92 Å². The molecule has 2 rings (SSSR count). The van der Waals surface area contributed by atoms with E-state index in [1.807, 2.05) is 24.3 Å². The number of methoxy groups -OCH3 is 1. The summed E-state index contributed by atoms with van der Waals surface area (Å²) in [5.74, 6) is 0.666. The normalized spacial score (nSPS) is 13.6. The van der Waals surface area contributed by atoms with Crippen molar-refractivity contribution in [3.8, 4) is 5.75 Å². The van der Waals surface area contributed by atoms with Crippen molar-refractivity contribution in [3.63, 3.8) is 0 Å². The van der Waals surface area contributed by atoms with Gasteiger partial charge in [-0.15, -0.1) is 0 Å². The summed E-state index contributed by atoms with van der Waals surface area (Å²) in [5, 5.41) is 3.41. The number of hydrogen-bond acceptors (Lipinski definition) is 4. The Bertz CT molecular complexity index is 961. The maximum atomic E-state index is 13.1. The van der Waals surface area contributed by atoms with Crippen molar-refractivity contribution in [3.05, 3.63) is 59.1 Å². The van der Waals surface area contributed by atoms with Gasteiger partial charge in [0.25, 0.3) is 0 Å². The van der Waals surface area contributed by atoms with Crippen LogP contribution >= 0.6 is 11.6 Å². The topological polar surface area (TPSA) is 75.7 Å². The van der Waals surface area contributed by atoms with Gasteiger partial charge >= 0.3 is 0 Å². The Morgan fingerprint density at radius 1 is 1.13 bits per heavy atom. The molecule has 30 heavy (non-hydrogen) atoms. The number of carbonyl (C=O) groups is 1. The SMILES string of the molecule is COc1ccc([C@H](CC(C)C)NC(=O)[C@H](C)N(c2cccc(Cl)c2)S(C)(=O)=O)cc1. The lowest BCUT2D eigenvalue weighted by atomic mass is 9.96. The van der Waals surface area contributed by atoms with Gasteiger partial charge in [0.05, 0.1) is 25.1 Å². The maximum absolute atomic E-state index is 13.1. The summed E-state index contributed by atoms with van der Waals surface area (Å²) in [7, 11) is -2.12. The predicted molar refractivity (Wildman–Crippen MR) is 122 cm³/mol. The lowest BCUT2D eigenvalue weighted by molar-refractivity contribution is -0.122. The van der Waals surface area contributed by atoms with Crippen LogP contribution in [0.1, 0.15) is 38.8 Å². The van der Waals surface area contributed by atoms with Gasteiger partial charge in [-0.25, -0.2) is 8.42 Å². The van der Waals surface area contributed by atoms with Gasteiger partial charge in [-0.05, 0) is 55.2 Å². The van der Waals surface area contributed by atoms with Crippen LogP contribution in [0.15, 0.2) is 48.5 Å². The van der Waals surface area contributed by atoms with Crippen molar-refractivity contribution >= 4 is 33.2 Å². The Morgan fingerprint density at radius 2 is 1.77 bits per heavy atom. The van der Waals surface area contributed by atoms with Crippen LogP contribution in [0.2, 0.25) is 5.02 Å². The zero-order valence-corrected chi connectivity index (χ0v) is 19.5.